The van der Waals surface area contributed by atoms with Crippen molar-refractivity contribution in [3.8, 4) is 11.4 Å². The molecule has 0 radical (unpaired) electrons. The molecular weight excluding hydrogens is 349 g/mol. The Hall–Kier alpha value is -3.07. The van der Waals surface area contributed by atoms with Gasteiger partial charge in [-0.2, -0.15) is 18.0 Å². The van der Waals surface area contributed by atoms with Crippen molar-refractivity contribution in [1.82, 2.24) is 20.2 Å². The molecule has 0 bridgehead atoms. The summed E-state index contributed by atoms with van der Waals surface area (Å²) < 4.78 is 37.8. The van der Waals surface area contributed by atoms with E-state index in [0.29, 0.717) is 11.1 Å². The van der Waals surface area contributed by atoms with Gasteiger partial charge in [-0.3, -0.25) is 4.79 Å². The zero-order valence-electron chi connectivity index (χ0n) is 13.3. The van der Waals surface area contributed by atoms with E-state index >= 15 is 0 Å². The van der Waals surface area contributed by atoms with Gasteiger partial charge in [-0.1, -0.05) is 36.4 Å². The fraction of sp³-hybridized carbons (Fsp3) is 0.176. The largest absolute Gasteiger partial charge is 0.416 e. The number of carbonyl (C=O) groups is 1. The number of hydrogen-bond acceptors (Lipinski definition) is 5. The SMILES string of the molecule is O=C(CO)c1ccc(Cn2nnc(-c3ccc(C(F)(F)F)cc3)n2)cc1. The quantitative estimate of drug-likeness (QED) is 0.706. The number of alkyl halides is 3. The number of carbonyl (C=O) groups excluding carboxylic acids is 1. The summed E-state index contributed by atoms with van der Waals surface area (Å²) in [6.07, 6.45) is -4.40. The van der Waals surface area contributed by atoms with Gasteiger partial charge < -0.3 is 5.11 Å². The van der Waals surface area contributed by atoms with E-state index in [9.17, 15) is 18.0 Å². The molecule has 134 valence electrons. The van der Waals surface area contributed by atoms with Gasteiger partial charge in [0.15, 0.2) is 5.78 Å². The van der Waals surface area contributed by atoms with Crippen LogP contribution in [0, 0.1) is 0 Å². The lowest BCUT2D eigenvalue weighted by molar-refractivity contribution is -0.137. The van der Waals surface area contributed by atoms with Gasteiger partial charge in [0.05, 0.1) is 12.1 Å². The molecule has 3 aromatic rings. The molecule has 0 aliphatic rings. The standard InChI is InChI=1S/C17H13F3N4O2/c18-17(19,20)14-7-5-13(6-8-14)16-21-23-24(22-16)9-11-1-3-12(4-2-11)15(26)10-25/h1-8,25H,9-10H2. The van der Waals surface area contributed by atoms with Crippen LogP contribution in [-0.2, 0) is 12.7 Å². The number of benzene rings is 2. The van der Waals surface area contributed by atoms with Gasteiger partial charge in [-0.15, -0.1) is 10.2 Å². The predicted molar refractivity (Wildman–Crippen MR) is 85.2 cm³/mol. The normalized spacial score (nSPS) is 11.5. The summed E-state index contributed by atoms with van der Waals surface area (Å²) in [5.74, 6) is -0.161. The highest BCUT2D eigenvalue weighted by molar-refractivity contribution is 5.96. The molecule has 0 amide bonds. The first kappa shape index (κ1) is 17.7. The third kappa shape index (κ3) is 3.94. The van der Waals surface area contributed by atoms with Gasteiger partial charge in [-0.05, 0) is 22.9 Å². The summed E-state index contributed by atoms with van der Waals surface area (Å²) in [6.45, 7) is -0.276. The van der Waals surface area contributed by atoms with Crippen LogP contribution in [0.2, 0.25) is 0 Å². The number of hydrogen-bond donors (Lipinski definition) is 1. The second-order valence-electron chi connectivity index (χ2n) is 5.50. The van der Waals surface area contributed by atoms with Gasteiger partial charge in [0.2, 0.25) is 5.82 Å². The van der Waals surface area contributed by atoms with Gasteiger partial charge >= 0.3 is 6.18 Å². The molecule has 1 N–H and O–H groups in total. The Morgan fingerprint density at radius 1 is 1.04 bits per heavy atom. The minimum absolute atomic E-state index is 0.214. The maximum absolute atomic E-state index is 12.6. The molecule has 0 aliphatic carbocycles. The maximum atomic E-state index is 12.6. The average Bonchev–Trinajstić information content (AvgIpc) is 3.09. The van der Waals surface area contributed by atoms with Crippen LogP contribution in [0.25, 0.3) is 11.4 Å². The smallest absolute Gasteiger partial charge is 0.388 e. The second kappa shape index (κ2) is 7.04. The molecule has 3 rings (SSSR count). The number of rotatable bonds is 5. The molecular formula is C17H13F3N4O2. The van der Waals surface area contributed by atoms with Crippen molar-refractivity contribution in [2.75, 3.05) is 6.61 Å². The highest BCUT2D eigenvalue weighted by Crippen LogP contribution is 2.30. The molecule has 6 nitrogen and oxygen atoms in total. The minimum Gasteiger partial charge on any atom is -0.388 e. The van der Waals surface area contributed by atoms with Crippen molar-refractivity contribution < 1.29 is 23.1 Å². The van der Waals surface area contributed by atoms with Crippen molar-refractivity contribution >= 4 is 5.78 Å². The number of nitrogens with zero attached hydrogens (tertiary/aromatic N) is 4. The van der Waals surface area contributed by atoms with E-state index < -0.39 is 18.3 Å². The third-order valence-corrected chi connectivity index (χ3v) is 3.67. The average molecular weight is 362 g/mol. The molecule has 0 aliphatic heterocycles. The first-order valence-electron chi connectivity index (χ1n) is 7.55. The van der Waals surface area contributed by atoms with Crippen LogP contribution in [-0.4, -0.2) is 37.7 Å². The predicted octanol–water partition coefficient (Wildman–Crippen LogP) is 2.58. The van der Waals surface area contributed by atoms with Crippen molar-refractivity contribution in [3.63, 3.8) is 0 Å². The van der Waals surface area contributed by atoms with Gasteiger partial charge in [-0.25, -0.2) is 0 Å². The summed E-state index contributed by atoms with van der Waals surface area (Å²) in [6, 6.07) is 11.1. The molecule has 1 aromatic heterocycles. The lowest BCUT2D eigenvalue weighted by Crippen LogP contribution is -2.06. The topological polar surface area (TPSA) is 80.9 Å². The zero-order valence-corrected chi connectivity index (χ0v) is 13.3. The lowest BCUT2D eigenvalue weighted by atomic mass is 10.1. The summed E-state index contributed by atoms with van der Waals surface area (Å²) in [5.41, 5.74) is 0.878. The van der Waals surface area contributed by atoms with Crippen molar-refractivity contribution in [3.05, 3.63) is 65.2 Å². The molecule has 0 fully saturated rings. The van der Waals surface area contributed by atoms with Gasteiger partial charge in [0.25, 0.3) is 0 Å². The highest BCUT2D eigenvalue weighted by Gasteiger charge is 2.30. The van der Waals surface area contributed by atoms with Crippen LogP contribution in [0.3, 0.4) is 0 Å². The van der Waals surface area contributed by atoms with Crippen LogP contribution in [0.5, 0.6) is 0 Å². The molecule has 2 aromatic carbocycles. The number of tetrazole rings is 1. The Bertz CT molecular complexity index is 903. The highest BCUT2D eigenvalue weighted by atomic mass is 19.4. The van der Waals surface area contributed by atoms with E-state index in [-0.39, 0.29) is 18.2 Å². The number of Topliss-reactive ketones (excluding diaryl/α,β-unsaturated/α-hetero) is 1. The zero-order chi connectivity index (χ0) is 18.7. The summed E-state index contributed by atoms with van der Waals surface area (Å²) in [7, 11) is 0. The second-order valence-corrected chi connectivity index (χ2v) is 5.50. The summed E-state index contributed by atoms with van der Waals surface area (Å²) >= 11 is 0. The van der Waals surface area contributed by atoms with Crippen LogP contribution >= 0.6 is 0 Å². The van der Waals surface area contributed by atoms with E-state index in [2.05, 4.69) is 15.4 Å². The fourth-order valence-corrected chi connectivity index (χ4v) is 2.28. The first-order chi connectivity index (χ1) is 12.4. The van der Waals surface area contributed by atoms with Crippen molar-refractivity contribution in [2.45, 2.75) is 12.7 Å². The molecule has 0 saturated heterocycles. The molecule has 0 atom stereocenters. The van der Waals surface area contributed by atoms with Gasteiger partial charge in [0.1, 0.15) is 6.61 Å². The molecule has 26 heavy (non-hydrogen) atoms. The fourth-order valence-electron chi connectivity index (χ4n) is 2.28. The maximum Gasteiger partial charge on any atom is 0.416 e. The Kier molecular flexibility index (Phi) is 4.81. The summed E-state index contributed by atoms with van der Waals surface area (Å²) in [5, 5.41) is 20.7. The Morgan fingerprint density at radius 2 is 1.69 bits per heavy atom. The number of aliphatic hydroxyl groups is 1. The molecule has 0 saturated carbocycles. The summed E-state index contributed by atoms with van der Waals surface area (Å²) in [4.78, 5) is 12.7. The van der Waals surface area contributed by atoms with E-state index in [1.54, 1.807) is 24.3 Å². The van der Waals surface area contributed by atoms with E-state index in [1.165, 1.54) is 16.9 Å². The van der Waals surface area contributed by atoms with E-state index in [1.807, 2.05) is 0 Å². The lowest BCUT2D eigenvalue weighted by Gasteiger charge is -2.05. The van der Waals surface area contributed by atoms with Crippen LogP contribution in [0.4, 0.5) is 13.2 Å². The van der Waals surface area contributed by atoms with E-state index in [4.69, 9.17) is 5.11 Å². The monoisotopic (exact) mass is 362 g/mol. The number of ketones is 1. The van der Waals surface area contributed by atoms with Crippen LogP contribution in [0.1, 0.15) is 21.5 Å². The number of aromatic nitrogens is 4. The molecule has 0 unspecified atom stereocenters. The van der Waals surface area contributed by atoms with Crippen LogP contribution < -0.4 is 0 Å². The minimum atomic E-state index is -4.40. The Balaban J connectivity index is 1.73. The molecule has 0 spiro atoms. The van der Waals surface area contributed by atoms with E-state index in [0.717, 1.165) is 17.7 Å². The molecule has 9 heteroatoms. The van der Waals surface area contributed by atoms with Crippen molar-refractivity contribution in [2.24, 2.45) is 0 Å². The first-order valence-corrected chi connectivity index (χ1v) is 7.55. The van der Waals surface area contributed by atoms with Crippen LogP contribution in [0.15, 0.2) is 48.5 Å². The molecule has 1 heterocycles. The third-order valence-electron chi connectivity index (χ3n) is 3.67. The number of halogens is 3. The number of aliphatic hydroxyl groups excluding tert-OH is 1. The Labute approximate surface area is 145 Å². The van der Waals surface area contributed by atoms with Crippen molar-refractivity contribution in [1.29, 1.82) is 0 Å². The van der Waals surface area contributed by atoms with Gasteiger partial charge in [0, 0.05) is 11.1 Å². The Morgan fingerprint density at radius 3 is 2.27 bits per heavy atom.